The second-order valence-electron chi connectivity index (χ2n) is 5.50. The van der Waals surface area contributed by atoms with Crippen LogP contribution in [0, 0.1) is 0 Å². The molecule has 3 aromatic carbocycles. The molecule has 0 bridgehead atoms. The van der Waals surface area contributed by atoms with Crippen LogP contribution in [0.4, 0.5) is 0 Å². The maximum absolute atomic E-state index is 5.99. The third-order valence-electron chi connectivity index (χ3n) is 4.31. The number of hydrogen-bond donors (Lipinski definition) is 1. The molecule has 5 aromatic rings. The van der Waals surface area contributed by atoms with Crippen molar-refractivity contribution in [1.29, 1.82) is 0 Å². The third kappa shape index (κ3) is 1.40. The summed E-state index contributed by atoms with van der Waals surface area (Å²) in [5.41, 5.74) is 4.03. The van der Waals surface area contributed by atoms with Gasteiger partial charge in [0, 0.05) is 33.1 Å². The largest absolute Gasteiger partial charge is 0.497 e. The highest BCUT2D eigenvalue weighted by Gasteiger charge is 2.14. The molecule has 3 nitrogen and oxygen atoms in total. The van der Waals surface area contributed by atoms with Crippen LogP contribution in [-0.4, -0.2) is 12.1 Å². The maximum atomic E-state index is 5.99. The van der Waals surface area contributed by atoms with E-state index >= 15 is 0 Å². The summed E-state index contributed by atoms with van der Waals surface area (Å²) in [5.74, 6) is 0.854. The summed E-state index contributed by atoms with van der Waals surface area (Å²) in [5, 5.41) is 4.72. The normalized spacial score (nSPS) is 11.9. The second-order valence-corrected chi connectivity index (χ2v) is 5.50. The predicted molar refractivity (Wildman–Crippen MR) is 89.6 cm³/mol. The van der Waals surface area contributed by atoms with Crippen molar-refractivity contribution in [2.45, 2.75) is 0 Å². The number of hydrogen-bond acceptors (Lipinski definition) is 2. The number of para-hydroxylation sites is 1. The van der Waals surface area contributed by atoms with Gasteiger partial charge in [-0.2, -0.15) is 0 Å². The molecule has 0 unspecified atom stereocenters. The highest BCUT2D eigenvalue weighted by Crippen LogP contribution is 2.38. The monoisotopic (exact) mass is 287 g/mol. The minimum atomic E-state index is 0.854. The molecule has 106 valence electrons. The van der Waals surface area contributed by atoms with Gasteiger partial charge in [0.15, 0.2) is 0 Å². The molecule has 3 heteroatoms. The molecule has 0 saturated carbocycles. The molecular weight excluding hydrogens is 274 g/mol. The van der Waals surface area contributed by atoms with E-state index in [-0.39, 0.29) is 0 Å². The van der Waals surface area contributed by atoms with E-state index in [2.05, 4.69) is 23.2 Å². The van der Waals surface area contributed by atoms with Gasteiger partial charge in [0.05, 0.1) is 12.6 Å². The molecule has 0 aliphatic rings. The number of H-pyrrole nitrogens is 1. The van der Waals surface area contributed by atoms with Gasteiger partial charge in [-0.05, 0) is 30.3 Å². The summed E-state index contributed by atoms with van der Waals surface area (Å²) in [6.45, 7) is 0. The number of aromatic amines is 1. The average Bonchev–Trinajstić information content (AvgIpc) is 3.11. The smallest absolute Gasteiger partial charge is 0.136 e. The SMILES string of the molecule is COc1ccc2c(c1)[nH]c1ccc3oc4ccccc4c3c12. The first kappa shape index (κ1) is 11.7. The summed E-state index contributed by atoms with van der Waals surface area (Å²) in [7, 11) is 1.69. The summed E-state index contributed by atoms with van der Waals surface area (Å²) < 4.78 is 11.3. The number of methoxy groups -OCH3 is 1. The fraction of sp³-hybridized carbons (Fsp3) is 0.0526. The first-order valence-corrected chi connectivity index (χ1v) is 7.25. The molecular formula is C19H13NO2. The van der Waals surface area contributed by atoms with E-state index in [4.69, 9.17) is 9.15 Å². The van der Waals surface area contributed by atoms with Crippen molar-refractivity contribution in [3.05, 3.63) is 54.6 Å². The first-order valence-electron chi connectivity index (χ1n) is 7.25. The highest BCUT2D eigenvalue weighted by atomic mass is 16.5. The Bertz CT molecular complexity index is 1160. The molecule has 0 radical (unpaired) electrons. The molecule has 2 aromatic heterocycles. The van der Waals surface area contributed by atoms with E-state index in [1.54, 1.807) is 7.11 Å². The summed E-state index contributed by atoms with van der Waals surface area (Å²) in [6, 6.07) is 18.4. The Morgan fingerprint density at radius 1 is 0.818 bits per heavy atom. The van der Waals surface area contributed by atoms with Crippen LogP contribution >= 0.6 is 0 Å². The summed E-state index contributed by atoms with van der Waals surface area (Å²) >= 11 is 0. The lowest BCUT2D eigenvalue weighted by molar-refractivity contribution is 0.415. The molecule has 22 heavy (non-hydrogen) atoms. The van der Waals surface area contributed by atoms with E-state index in [0.717, 1.165) is 33.3 Å². The lowest BCUT2D eigenvalue weighted by atomic mass is 10.1. The number of rotatable bonds is 1. The summed E-state index contributed by atoms with van der Waals surface area (Å²) in [6.07, 6.45) is 0. The van der Waals surface area contributed by atoms with E-state index in [1.165, 1.54) is 16.2 Å². The number of nitrogens with one attached hydrogen (secondary N) is 1. The van der Waals surface area contributed by atoms with Gasteiger partial charge in [0.2, 0.25) is 0 Å². The first-order chi connectivity index (χ1) is 10.8. The van der Waals surface area contributed by atoms with Gasteiger partial charge in [-0.3, -0.25) is 0 Å². The Balaban J connectivity index is 2.06. The Kier molecular flexibility index (Phi) is 2.15. The van der Waals surface area contributed by atoms with E-state index < -0.39 is 0 Å². The molecule has 0 aliphatic carbocycles. The Hall–Kier alpha value is -2.94. The van der Waals surface area contributed by atoms with Crippen LogP contribution in [0.5, 0.6) is 5.75 Å². The van der Waals surface area contributed by atoms with E-state index in [9.17, 15) is 0 Å². The van der Waals surface area contributed by atoms with Crippen LogP contribution in [0.25, 0.3) is 43.7 Å². The van der Waals surface area contributed by atoms with E-state index in [1.807, 2.05) is 36.4 Å². The predicted octanol–water partition coefficient (Wildman–Crippen LogP) is 5.23. The van der Waals surface area contributed by atoms with Crippen molar-refractivity contribution in [2.75, 3.05) is 7.11 Å². The minimum Gasteiger partial charge on any atom is -0.497 e. The quantitative estimate of drug-likeness (QED) is 0.458. The molecule has 5 rings (SSSR count). The van der Waals surface area contributed by atoms with Gasteiger partial charge in [0.1, 0.15) is 16.9 Å². The van der Waals surface area contributed by atoms with Crippen LogP contribution in [0.3, 0.4) is 0 Å². The topological polar surface area (TPSA) is 38.2 Å². The third-order valence-corrected chi connectivity index (χ3v) is 4.31. The van der Waals surface area contributed by atoms with Crippen LogP contribution in [0.1, 0.15) is 0 Å². The molecule has 0 atom stereocenters. The zero-order valence-electron chi connectivity index (χ0n) is 12.0. The Labute approximate surface area is 126 Å². The fourth-order valence-corrected chi connectivity index (χ4v) is 3.32. The van der Waals surface area contributed by atoms with E-state index in [0.29, 0.717) is 0 Å². The number of aromatic nitrogens is 1. The van der Waals surface area contributed by atoms with Gasteiger partial charge in [-0.15, -0.1) is 0 Å². The zero-order chi connectivity index (χ0) is 14.7. The van der Waals surface area contributed by atoms with Crippen LogP contribution in [0.2, 0.25) is 0 Å². The van der Waals surface area contributed by atoms with Crippen molar-refractivity contribution in [3.8, 4) is 5.75 Å². The lowest BCUT2D eigenvalue weighted by Gasteiger charge is -1.98. The van der Waals surface area contributed by atoms with Crippen LogP contribution < -0.4 is 4.74 Å². The van der Waals surface area contributed by atoms with Crippen molar-refractivity contribution in [2.24, 2.45) is 0 Å². The Morgan fingerprint density at radius 3 is 2.64 bits per heavy atom. The van der Waals surface area contributed by atoms with Gasteiger partial charge in [-0.25, -0.2) is 0 Å². The number of furan rings is 1. The van der Waals surface area contributed by atoms with Crippen LogP contribution in [0.15, 0.2) is 59.0 Å². The molecule has 0 aliphatic heterocycles. The van der Waals surface area contributed by atoms with Gasteiger partial charge in [0.25, 0.3) is 0 Å². The van der Waals surface area contributed by atoms with Crippen molar-refractivity contribution >= 4 is 43.7 Å². The van der Waals surface area contributed by atoms with Crippen LogP contribution in [-0.2, 0) is 0 Å². The number of fused-ring (bicyclic) bond motifs is 7. The maximum Gasteiger partial charge on any atom is 0.136 e. The minimum absolute atomic E-state index is 0.854. The molecule has 0 spiro atoms. The van der Waals surface area contributed by atoms with Crippen molar-refractivity contribution < 1.29 is 9.15 Å². The highest BCUT2D eigenvalue weighted by molar-refractivity contribution is 6.26. The van der Waals surface area contributed by atoms with Gasteiger partial charge in [-0.1, -0.05) is 18.2 Å². The molecule has 0 fully saturated rings. The zero-order valence-corrected chi connectivity index (χ0v) is 12.0. The number of benzene rings is 3. The Morgan fingerprint density at radius 2 is 1.73 bits per heavy atom. The molecule has 0 saturated heterocycles. The average molecular weight is 287 g/mol. The van der Waals surface area contributed by atoms with Crippen molar-refractivity contribution in [1.82, 2.24) is 4.98 Å². The van der Waals surface area contributed by atoms with Gasteiger partial charge < -0.3 is 14.1 Å². The standard InChI is InChI=1S/C19H13NO2/c1-21-11-6-7-12-15(10-11)20-14-8-9-17-19(18(12)14)13-4-2-3-5-16(13)22-17/h2-10,20H,1H3. The molecule has 0 amide bonds. The second kappa shape index (κ2) is 4.04. The molecule has 2 heterocycles. The molecule has 1 N–H and O–H groups in total. The van der Waals surface area contributed by atoms with Gasteiger partial charge >= 0.3 is 0 Å². The fourth-order valence-electron chi connectivity index (χ4n) is 3.32. The summed E-state index contributed by atoms with van der Waals surface area (Å²) in [4.78, 5) is 3.48. The number of ether oxygens (including phenoxy) is 1. The lowest BCUT2D eigenvalue weighted by Crippen LogP contribution is -1.80. The van der Waals surface area contributed by atoms with Crippen molar-refractivity contribution in [3.63, 3.8) is 0 Å².